The van der Waals surface area contributed by atoms with Gasteiger partial charge in [-0.1, -0.05) is 37.4 Å². The summed E-state index contributed by atoms with van der Waals surface area (Å²) in [4.78, 5) is 23.4. The Kier molecular flexibility index (Phi) is 7.45. The molecule has 0 aliphatic heterocycles. The van der Waals surface area contributed by atoms with Gasteiger partial charge >= 0.3 is 11.9 Å². The van der Waals surface area contributed by atoms with Gasteiger partial charge in [0, 0.05) is 11.1 Å². The molecule has 4 nitrogen and oxygen atoms in total. The van der Waals surface area contributed by atoms with Crippen molar-refractivity contribution >= 4 is 17.5 Å². The van der Waals surface area contributed by atoms with E-state index in [0.717, 1.165) is 11.1 Å². The Balaban J connectivity index is 2.02. The quantitative estimate of drug-likeness (QED) is 0.205. The first-order valence-electron chi connectivity index (χ1n) is 10.6. The third kappa shape index (κ3) is 5.98. The standard InChI is InChI=1S/C29H24F2O4/c1-16(2)21-11-22(19-7-9-26(24(30)14-19)34-28(32)17(3)4)13-23(12-21)20-8-10-27(25(31)15-20)35-29(33)18(5)6/h7-15H,1,3,5H2,2,4,6H3. The molecule has 0 spiro atoms. The van der Waals surface area contributed by atoms with Gasteiger partial charge in [-0.05, 0) is 91.1 Å². The molecular formula is C29H24F2O4. The number of hydrogen-bond donors (Lipinski definition) is 0. The molecule has 178 valence electrons. The molecule has 0 unspecified atom stereocenters. The van der Waals surface area contributed by atoms with E-state index in [0.29, 0.717) is 22.3 Å². The van der Waals surface area contributed by atoms with Gasteiger partial charge in [0.25, 0.3) is 0 Å². The molecule has 0 saturated carbocycles. The van der Waals surface area contributed by atoms with Crippen LogP contribution in [0.25, 0.3) is 27.8 Å². The lowest BCUT2D eigenvalue weighted by Gasteiger charge is -2.13. The van der Waals surface area contributed by atoms with Crippen molar-refractivity contribution in [3.8, 4) is 33.8 Å². The average Bonchev–Trinajstić information content (AvgIpc) is 2.80. The van der Waals surface area contributed by atoms with Crippen LogP contribution in [0.5, 0.6) is 11.5 Å². The van der Waals surface area contributed by atoms with E-state index in [-0.39, 0.29) is 22.6 Å². The fourth-order valence-electron chi connectivity index (χ4n) is 3.11. The third-order valence-electron chi connectivity index (χ3n) is 5.06. The number of rotatable bonds is 7. The van der Waals surface area contributed by atoms with Crippen molar-refractivity contribution in [2.24, 2.45) is 0 Å². The van der Waals surface area contributed by atoms with Crippen LogP contribution in [0.2, 0.25) is 0 Å². The summed E-state index contributed by atoms with van der Waals surface area (Å²) >= 11 is 0. The highest BCUT2D eigenvalue weighted by Gasteiger charge is 2.15. The smallest absolute Gasteiger partial charge is 0.338 e. The lowest BCUT2D eigenvalue weighted by molar-refractivity contribution is -0.131. The first kappa shape index (κ1) is 25.3. The van der Waals surface area contributed by atoms with Crippen molar-refractivity contribution in [2.45, 2.75) is 20.8 Å². The number of benzene rings is 3. The summed E-state index contributed by atoms with van der Waals surface area (Å²) in [5.41, 5.74) is 4.18. The molecule has 0 saturated heterocycles. The SMILES string of the molecule is C=C(C)C(=O)Oc1ccc(-c2cc(C(=C)C)cc(-c3ccc(OC(=O)C(=C)C)c(F)c3)c2)cc1F. The summed E-state index contributed by atoms with van der Waals surface area (Å²) in [5.74, 6) is -3.28. The predicted molar refractivity (Wildman–Crippen MR) is 133 cm³/mol. The van der Waals surface area contributed by atoms with Gasteiger partial charge in [-0.3, -0.25) is 0 Å². The second-order valence-corrected chi connectivity index (χ2v) is 8.21. The maximum atomic E-state index is 14.7. The first-order chi connectivity index (χ1) is 16.5. The Morgan fingerprint density at radius 1 is 0.629 bits per heavy atom. The highest BCUT2D eigenvalue weighted by Crippen LogP contribution is 2.34. The molecule has 6 heteroatoms. The number of esters is 2. The van der Waals surface area contributed by atoms with Crippen molar-refractivity contribution in [1.29, 1.82) is 0 Å². The summed E-state index contributed by atoms with van der Waals surface area (Å²) in [6.45, 7) is 15.7. The second-order valence-electron chi connectivity index (χ2n) is 8.21. The van der Waals surface area contributed by atoms with Crippen LogP contribution in [0.15, 0.2) is 85.5 Å². The van der Waals surface area contributed by atoms with E-state index in [1.165, 1.54) is 38.1 Å². The summed E-state index contributed by atoms with van der Waals surface area (Å²) in [7, 11) is 0. The average molecular weight is 475 g/mol. The number of carbonyl (C=O) groups is 2. The number of hydrogen-bond acceptors (Lipinski definition) is 4. The molecule has 3 rings (SSSR count). The van der Waals surface area contributed by atoms with E-state index in [2.05, 4.69) is 19.7 Å². The van der Waals surface area contributed by atoms with Crippen LogP contribution in [-0.4, -0.2) is 11.9 Å². The van der Waals surface area contributed by atoms with Crippen LogP contribution < -0.4 is 9.47 Å². The van der Waals surface area contributed by atoms with Crippen molar-refractivity contribution in [3.63, 3.8) is 0 Å². The van der Waals surface area contributed by atoms with Crippen LogP contribution in [0, 0.1) is 11.6 Å². The fraction of sp³-hybridized carbons (Fsp3) is 0.103. The number of halogens is 2. The topological polar surface area (TPSA) is 52.6 Å². The zero-order valence-corrected chi connectivity index (χ0v) is 19.7. The molecule has 0 amide bonds. The molecule has 0 fully saturated rings. The van der Waals surface area contributed by atoms with E-state index >= 15 is 0 Å². The van der Waals surface area contributed by atoms with Gasteiger partial charge in [0.2, 0.25) is 0 Å². The minimum atomic E-state index is -0.720. The van der Waals surface area contributed by atoms with E-state index < -0.39 is 23.6 Å². The molecule has 0 aliphatic carbocycles. The Morgan fingerprint density at radius 2 is 1.03 bits per heavy atom. The van der Waals surface area contributed by atoms with Gasteiger partial charge < -0.3 is 9.47 Å². The van der Waals surface area contributed by atoms with Gasteiger partial charge in [0.1, 0.15) is 0 Å². The largest absolute Gasteiger partial charge is 0.420 e. The maximum Gasteiger partial charge on any atom is 0.338 e. The van der Waals surface area contributed by atoms with Gasteiger partial charge in [-0.2, -0.15) is 0 Å². The molecule has 0 radical (unpaired) electrons. The molecular weight excluding hydrogens is 450 g/mol. The van der Waals surface area contributed by atoms with Gasteiger partial charge in [-0.15, -0.1) is 0 Å². The van der Waals surface area contributed by atoms with Crippen LogP contribution in [0.3, 0.4) is 0 Å². The molecule has 35 heavy (non-hydrogen) atoms. The number of carbonyl (C=O) groups excluding carboxylic acids is 2. The fourth-order valence-corrected chi connectivity index (χ4v) is 3.11. The van der Waals surface area contributed by atoms with E-state index in [4.69, 9.17) is 9.47 Å². The monoisotopic (exact) mass is 474 g/mol. The summed E-state index contributed by atoms with van der Waals surface area (Å²) in [6, 6.07) is 13.9. The Hall–Kier alpha value is -4.32. The maximum absolute atomic E-state index is 14.7. The number of ether oxygens (including phenoxy) is 2. The van der Waals surface area contributed by atoms with Crippen molar-refractivity contribution in [3.05, 3.63) is 103 Å². The molecule has 3 aromatic carbocycles. The second kappa shape index (κ2) is 10.3. The van der Waals surface area contributed by atoms with E-state index in [1.807, 2.05) is 19.1 Å². The molecule has 0 atom stereocenters. The Bertz CT molecular complexity index is 1290. The van der Waals surface area contributed by atoms with E-state index in [1.54, 1.807) is 18.2 Å². The minimum absolute atomic E-state index is 0.153. The molecule has 0 aliphatic rings. The molecule has 0 N–H and O–H groups in total. The Labute approximate surface area is 202 Å². The van der Waals surface area contributed by atoms with Gasteiger partial charge in [-0.25, -0.2) is 18.4 Å². The van der Waals surface area contributed by atoms with E-state index in [9.17, 15) is 18.4 Å². The van der Waals surface area contributed by atoms with Crippen LogP contribution in [0.4, 0.5) is 8.78 Å². The van der Waals surface area contributed by atoms with Gasteiger partial charge in [0.05, 0.1) is 0 Å². The normalized spacial score (nSPS) is 10.4. The van der Waals surface area contributed by atoms with Crippen LogP contribution >= 0.6 is 0 Å². The highest BCUT2D eigenvalue weighted by atomic mass is 19.1. The zero-order chi connectivity index (χ0) is 25.9. The molecule has 0 heterocycles. The summed E-state index contributed by atoms with van der Waals surface area (Å²) in [6.07, 6.45) is 0. The van der Waals surface area contributed by atoms with Gasteiger partial charge in [0.15, 0.2) is 23.1 Å². The lowest BCUT2D eigenvalue weighted by Crippen LogP contribution is -2.09. The molecule has 0 aromatic heterocycles. The summed E-state index contributed by atoms with van der Waals surface area (Å²) < 4.78 is 39.4. The Morgan fingerprint density at radius 3 is 1.34 bits per heavy atom. The summed E-state index contributed by atoms with van der Waals surface area (Å²) in [5, 5.41) is 0. The molecule has 3 aromatic rings. The minimum Gasteiger partial charge on any atom is -0.420 e. The predicted octanol–water partition coefficient (Wildman–Crippen LogP) is 7.29. The molecule has 0 bridgehead atoms. The zero-order valence-electron chi connectivity index (χ0n) is 19.7. The van der Waals surface area contributed by atoms with Crippen LogP contribution in [0.1, 0.15) is 26.3 Å². The van der Waals surface area contributed by atoms with Crippen molar-refractivity contribution in [2.75, 3.05) is 0 Å². The number of allylic oxidation sites excluding steroid dienone is 1. The highest BCUT2D eigenvalue weighted by molar-refractivity contribution is 5.89. The third-order valence-corrected chi connectivity index (χ3v) is 5.06. The van der Waals surface area contributed by atoms with Crippen molar-refractivity contribution < 1.29 is 27.8 Å². The van der Waals surface area contributed by atoms with Crippen molar-refractivity contribution in [1.82, 2.24) is 0 Å². The van der Waals surface area contributed by atoms with Crippen LogP contribution in [-0.2, 0) is 9.59 Å². The first-order valence-corrected chi connectivity index (χ1v) is 10.6. The lowest BCUT2D eigenvalue weighted by atomic mass is 9.94.